The van der Waals surface area contributed by atoms with E-state index >= 15 is 0 Å². The van der Waals surface area contributed by atoms with Crippen molar-refractivity contribution in [3.05, 3.63) is 46.7 Å². The summed E-state index contributed by atoms with van der Waals surface area (Å²) >= 11 is 1.45. The first kappa shape index (κ1) is 12.2. The fourth-order valence-electron chi connectivity index (χ4n) is 1.79. The van der Waals surface area contributed by atoms with Gasteiger partial charge in [-0.2, -0.15) is 0 Å². The van der Waals surface area contributed by atoms with Crippen molar-refractivity contribution in [2.45, 2.75) is 26.4 Å². The number of hydrogen-bond donors (Lipinski definition) is 1. The van der Waals surface area contributed by atoms with Crippen LogP contribution in [0.2, 0.25) is 0 Å². The van der Waals surface area contributed by atoms with Crippen LogP contribution in [0.5, 0.6) is 0 Å². The van der Waals surface area contributed by atoms with Crippen LogP contribution >= 0.6 is 11.3 Å². The second-order valence-electron chi connectivity index (χ2n) is 5.01. The predicted octanol–water partition coefficient (Wildman–Crippen LogP) is 2.82. The molecular formula is C13H16N2OS. The van der Waals surface area contributed by atoms with E-state index in [1.807, 2.05) is 44.4 Å². The van der Waals surface area contributed by atoms with Crippen LogP contribution in [0.25, 0.3) is 0 Å². The van der Waals surface area contributed by atoms with Crippen LogP contribution in [0.4, 0.5) is 0 Å². The van der Waals surface area contributed by atoms with Gasteiger partial charge in [0.25, 0.3) is 0 Å². The standard InChI is InChI=1S/C13H16N2OS/c1-12(2,3)13(16,11-15-8-9-17-11)10-6-4-5-7-14-10/h4-9,16H,1-3H3. The number of rotatable bonds is 2. The summed E-state index contributed by atoms with van der Waals surface area (Å²) in [5.41, 5.74) is -0.885. The third kappa shape index (κ3) is 1.98. The molecule has 0 spiro atoms. The van der Waals surface area contributed by atoms with E-state index in [1.165, 1.54) is 11.3 Å². The van der Waals surface area contributed by atoms with Crippen molar-refractivity contribution in [3.8, 4) is 0 Å². The Morgan fingerprint density at radius 1 is 1.12 bits per heavy atom. The monoisotopic (exact) mass is 248 g/mol. The molecule has 0 saturated heterocycles. The second-order valence-corrected chi connectivity index (χ2v) is 5.91. The van der Waals surface area contributed by atoms with Gasteiger partial charge in [0.05, 0.1) is 5.69 Å². The smallest absolute Gasteiger partial charge is 0.162 e. The minimum atomic E-state index is -1.15. The van der Waals surface area contributed by atoms with Gasteiger partial charge in [0.2, 0.25) is 0 Å². The van der Waals surface area contributed by atoms with E-state index in [0.29, 0.717) is 10.7 Å². The maximum absolute atomic E-state index is 11.1. The normalized spacial score (nSPS) is 15.5. The highest BCUT2D eigenvalue weighted by Gasteiger charge is 2.46. The molecule has 1 unspecified atom stereocenters. The first-order chi connectivity index (χ1) is 7.96. The molecule has 1 atom stereocenters. The summed E-state index contributed by atoms with van der Waals surface area (Å²) in [6.45, 7) is 5.97. The molecule has 1 N–H and O–H groups in total. The van der Waals surface area contributed by atoms with Gasteiger partial charge in [0.1, 0.15) is 5.01 Å². The zero-order valence-corrected chi connectivity index (χ0v) is 11.0. The molecule has 2 rings (SSSR count). The quantitative estimate of drug-likeness (QED) is 0.889. The van der Waals surface area contributed by atoms with E-state index in [1.54, 1.807) is 12.4 Å². The van der Waals surface area contributed by atoms with Gasteiger partial charge in [-0.1, -0.05) is 26.8 Å². The number of thiazole rings is 1. The lowest BCUT2D eigenvalue weighted by Crippen LogP contribution is -2.41. The Balaban J connectivity index is 2.61. The molecule has 0 radical (unpaired) electrons. The van der Waals surface area contributed by atoms with Gasteiger partial charge < -0.3 is 5.11 Å². The van der Waals surface area contributed by atoms with Crippen molar-refractivity contribution in [1.82, 2.24) is 9.97 Å². The molecule has 0 aliphatic heterocycles. The largest absolute Gasteiger partial charge is 0.376 e. The summed E-state index contributed by atoms with van der Waals surface area (Å²) in [6, 6.07) is 5.56. The zero-order chi connectivity index (χ0) is 12.5. The predicted molar refractivity (Wildman–Crippen MR) is 68.8 cm³/mol. The number of pyridine rings is 1. The highest BCUT2D eigenvalue weighted by atomic mass is 32.1. The number of hydrogen-bond acceptors (Lipinski definition) is 4. The highest BCUT2D eigenvalue weighted by molar-refractivity contribution is 7.09. The summed E-state index contributed by atoms with van der Waals surface area (Å²) < 4.78 is 0. The number of aromatic nitrogens is 2. The Labute approximate surface area is 105 Å². The Kier molecular flexibility index (Phi) is 3.02. The summed E-state index contributed by atoms with van der Waals surface area (Å²) in [6.07, 6.45) is 3.40. The van der Waals surface area contributed by atoms with E-state index in [9.17, 15) is 5.11 Å². The van der Waals surface area contributed by atoms with Crippen LogP contribution in [0.3, 0.4) is 0 Å². The summed E-state index contributed by atoms with van der Waals surface area (Å²) in [4.78, 5) is 8.55. The summed E-state index contributed by atoms with van der Waals surface area (Å²) in [5, 5.41) is 13.6. The van der Waals surface area contributed by atoms with Crippen LogP contribution in [-0.2, 0) is 5.60 Å². The van der Waals surface area contributed by atoms with Crippen LogP contribution < -0.4 is 0 Å². The van der Waals surface area contributed by atoms with Gasteiger partial charge in [-0.05, 0) is 12.1 Å². The Morgan fingerprint density at radius 2 is 1.88 bits per heavy atom. The molecule has 0 saturated carbocycles. The molecule has 2 aromatic heterocycles. The average molecular weight is 248 g/mol. The van der Waals surface area contributed by atoms with Crippen LogP contribution in [0.1, 0.15) is 31.5 Å². The molecule has 90 valence electrons. The molecule has 17 heavy (non-hydrogen) atoms. The van der Waals surface area contributed by atoms with E-state index in [-0.39, 0.29) is 5.41 Å². The molecule has 3 nitrogen and oxygen atoms in total. The lowest BCUT2D eigenvalue weighted by Gasteiger charge is -2.38. The summed E-state index contributed by atoms with van der Waals surface area (Å²) in [7, 11) is 0. The molecule has 0 bridgehead atoms. The minimum Gasteiger partial charge on any atom is -0.376 e. The third-order valence-corrected chi connectivity index (χ3v) is 3.74. The van der Waals surface area contributed by atoms with Crippen molar-refractivity contribution >= 4 is 11.3 Å². The molecule has 0 amide bonds. The first-order valence-corrected chi connectivity index (χ1v) is 6.38. The minimum absolute atomic E-state index is 0.376. The molecule has 0 aliphatic carbocycles. The van der Waals surface area contributed by atoms with Crippen molar-refractivity contribution in [1.29, 1.82) is 0 Å². The first-order valence-electron chi connectivity index (χ1n) is 5.50. The van der Waals surface area contributed by atoms with E-state index in [4.69, 9.17) is 0 Å². The lowest BCUT2D eigenvalue weighted by atomic mass is 9.74. The molecule has 0 aromatic carbocycles. The van der Waals surface area contributed by atoms with Crippen molar-refractivity contribution in [3.63, 3.8) is 0 Å². The average Bonchev–Trinajstić information content (AvgIpc) is 2.81. The topological polar surface area (TPSA) is 46.0 Å². The van der Waals surface area contributed by atoms with Crippen molar-refractivity contribution in [2.24, 2.45) is 5.41 Å². The molecule has 2 heterocycles. The van der Waals surface area contributed by atoms with E-state index in [2.05, 4.69) is 9.97 Å². The van der Waals surface area contributed by atoms with E-state index < -0.39 is 5.60 Å². The van der Waals surface area contributed by atoms with Gasteiger partial charge in [0, 0.05) is 23.2 Å². The van der Waals surface area contributed by atoms with Crippen molar-refractivity contribution < 1.29 is 5.11 Å². The number of aliphatic hydroxyl groups is 1. The SMILES string of the molecule is CC(C)(C)C(O)(c1ccccn1)c1nccs1. The maximum atomic E-state index is 11.1. The van der Waals surface area contributed by atoms with Crippen molar-refractivity contribution in [2.75, 3.05) is 0 Å². The molecule has 4 heteroatoms. The number of nitrogens with zero attached hydrogens (tertiary/aromatic N) is 2. The second kappa shape index (κ2) is 4.20. The molecule has 0 aliphatic rings. The van der Waals surface area contributed by atoms with E-state index in [0.717, 1.165) is 0 Å². The van der Waals surface area contributed by atoms with Gasteiger partial charge in [0.15, 0.2) is 5.60 Å². The molecule has 0 fully saturated rings. The summed E-state index contributed by atoms with van der Waals surface area (Å²) in [5.74, 6) is 0. The van der Waals surface area contributed by atoms with Gasteiger partial charge in [-0.15, -0.1) is 11.3 Å². The molecule has 2 aromatic rings. The Bertz CT molecular complexity index is 476. The fraction of sp³-hybridized carbons (Fsp3) is 0.385. The van der Waals surface area contributed by atoms with Gasteiger partial charge in [-0.3, -0.25) is 4.98 Å². The lowest BCUT2D eigenvalue weighted by molar-refractivity contribution is -0.0297. The molecular weight excluding hydrogens is 232 g/mol. The van der Waals surface area contributed by atoms with Gasteiger partial charge in [-0.25, -0.2) is 4.98 Å². The van der Waals surface area contributed by atoms with Crippen LogP contribution in [0.15, 0.2) is 36.0 Å². The Morgan fingerprint density at radius 3 is 2.35 bits per heavy atom. The maximum Gasteiger partial charge on any atom is 0.162 e. The third-order valence-electron chi connectivity index (χ3n) is 2.86. The van der Waals surface area contributed by atoms with Gasteiger partial charge >= 0.3 is 0 Å². The highest BCUT2D eigenvalue weighted by Crippen LogP contribution is 2.44. The zero-order valence-electron chi connectivity index (χ0n) is 10.2. The van der Waals surface area contributed by atoms with Crippen LogP contribution in [0, 0.1) is 5.41 Å². The fourth-order valence-corrected chi connectivity index (χ4v) is 2.75. The Hall–Kier alpha value is -1.26. The van der Waals surface area contributed by atoms with Crippen LogP contribution in [-0.4, -0.2) is 15.1 Å².